The summed E-state index contributed by atoms with van der Waals surface area (Å²) < 4.78 is 11.2. The fraction of sp³-hybridized carbons (Fsp3) is 0.421. The molecule has 1 unspecified atom stereocenters. The number of piperazine rings is 1. The zero-order chi connectivity index (χ0) is 16.4. The summed E-state index contributed by atoms with van der Waals surface area (Å²) in [7, 11) is 0. The summed E-state index contributed by atoms with van der Waals surface area (Å²) in [5.74, 6) is 0.768. The summed E-state index contributed by atoms with van der Waals surface area (Å²) in [6.07, 6.45) is 4.49. The number of rotatable bonds is 3. The molecule has 2 aliphatic rings. The van der Waals surface area contributed by atoms with Crippen LogP contribution >= 0.6 is 0 Å². The average molecular weight is 326 g/mol. The first-order valence-corrected chi connectivity index (χ1v) is 8.57. The molecule has 1 atom stereocenters. The molecular formula is C19H22N2O3. The molecule has 0 aliphatic carbocycles. The second-order valence-corrected chi connectivity index (χ2v) is 6.40. The van der Waals surface area contributed by atoms with E-state index >= 15 is 0 Å². The number of hydrogen-bond acceptors (Lipinski definition) is 4. The Morgan fingerprint density at radius 3 is 2.75 bits per heavy atom. The van der Waals surface area contributed by atoms with Gasteiger partial charge in [0.2, 0.25) is 5.91 Å². The normalized spacial score (nSPS) is 22.7. The molecule has 126 valence electrons. The molecule has 2 aromatic rings. The number of amides is 1. The Kier molecular flexibility index (Phi) is 4.36. The minimum atomic E-state index is 0.0535. The van der Waals surface area contributed by atoms with Crippen LogP contribution in [0.5, 0.6) is 0 Å². The highest BCUT2D eigenvalue weighted by Gasteiger charge is 2.27. The number of carbonyl (C=O) groups is 1. The molecule has 3 heterocycles. The molecule has 24 heavy (non-hydrogen) atoms. The molecule has 0 radical (unpaired) electrons. The number of nitrogens with zero attached hydrogens (tertiary/aromatic N) is 2. The van der Waals surface area contributed by atoms with Crippen LogP contribution in [0.3, 0.4) is 0 Å². The molecule has 1 amide bonds. The zero-order valence-corrected chi connectivity index (χ0v) is 13.7. The zero-order valence-electron chi connectivity index (χ0n) is 13.7. The molecule has 0 spiro atoms. The summed E-state index contributed by atoms with van der Waals surface area (Å²) in [4.78, 5) is 16.7. The summed E-state index contributed by atoms with van der Waals surface area (Å²) in [6, 6.07) is 10.3. The molecule has 2 aliphatic heterocycles. The third-order valence-corrected chi connectivity index (χ3v) is 4.88. The van der Waals surface area contributed by atoms with Crippen LogP contribution in [-0.2, 0) is 9.53 Å². The summed E-state index contributed by atoms with van der Waals surface area (Å²) in [6.45, 7) is 5.11. The van der Waals surface area contributed by atoms with Gasteiger partial charge in [0, 0.05) is 50.3 Å². The van der Waals surface area contributed by atoms with Gasteiger partial charge in [0.1, 0.15) is 11.3 Å². The van der Waals surface area contributed by atoms with Crippen molar-refractivity contribution in [3.8, 4) is 0 Å². The monoisotopic (exact) mass is 326 g/mol. The molecule has 0 N–H and O–H groups in total. The van der Waals surface area contributed by atoms with Gasteiger partial charge < -0.3 is 14.1 Å². The smallest absolute Gasteiger partial charge is 0.246 e. The van der Waals surface area contributed by atoms with Gasteiger partial charge in [0.15, 0.2) is 0 Å². The summed E-state index contributed by atoms with van der Waals surface area (Å²) in [5.41, 5.74) is 0.844. The lowest BCUT2D eigenvalue weighted by molar-refractivity contribution is -0.128. The maximum atomic E-state index is 12.4. The van der Waals surface area contributed by atoms with Crippen molar-refractivity contribution in [3.63, 3.8) is 0 Å². The first-order valence-electron chi connectivity index (χ1n) is 8.57. The second kappa shape index (κ2) is 6.79. The molecule has 2 fully saturated rings. The van der Waals surface area contributed by atoms with Crippen LogP contribution in [0.15, 0.2) is 40.8 Å². The third-order valence-electron chi connectivity index (χ3n) is 4.88. The maximum absolute atomic E-state index is 12.4. The first kappa shape index (κ1) is 15.4. The van der Waals surface area contributed by atoms with Gasteiger partial charge in [-0.25, -0.2) is 0 Å². The van der Waals surface area contributed by atoms with Crippen LogP contribution in [0.1, 0.15) is 12.2 Å². The van der Waals surface area contributed by atoms with Gasteiger partial charge in [-0.05, 0) is 24.6 Å². The minimum absolute atomic E-state index is 0.0535. The van der Waals surface area contributed by atoms with E-state index in [0.29, 0.717) is 11.8 Å². The summed E-state index contributed by atoms with van der Waals surface area (Å²) >= 11 is 0. The molecule has 1 aromatic carbocycles. The third kappa shape index (κ3) is 3.23. The molecule has 0 bridgehead atoms. The van der Waals surface area contributed by atoms with Crippen molar-refractivity contribution in [3.05, 3.63) is 42.2 Å². The van der Waals surface area contributed by atoms with Crippen molar-refractivity contribution in [2.24, 2.45) is 0 Å². The van der Waals surface area contributed by atoms with E-state index in [0.717, 1.165) is 56.8 Å². The molecule has 5 heteroatoms. The van der Waals surface area contributed by atoms with Gasteiger partial charge in [-0.1, -0.05) is 18.2 Å². The standard InChI is InChI=1S/C19H22N2O3/c22-19(6-5-17-13-15-3-1-2-4-18(15)24-17)21-10-8-20(9-11-21)16-7-12-23-14-16/h1-6,13,16H,7-12,14H2/b6-5+. The van der Waals surface area contributed by atoms with Crippen molar-refractivity contribution in [1.82, 2.24) is 9.80 Å². The van der Waals surface area contributed by atoms with E-state index in [1.165, 1.54) is 0 Å². The predicted molar refractivity (Wildman–Crippen MR) is 92.6 cm³/mol. The first-order chi connectivity index (χ1) is 11.8. The SMILES string of the molecule is O=C(/C=C/c1cc2ccccc2o1)N1CCN(C2CCOC2)CC1. The fourth-order valence-corrected chi connectivity index (χ4v) is 3.46. The quantitative estimate of drug-likeness (QED) is 0.813. The second-order valence-electron chi connectivity index (χ2n) is 6.40. The highest BCUT2D eigenvalue weighted by Crippen LogP contribution is 2.20. The van der Waals surface area contributed by atoms with Crippen LogP contribution in [0.25, 0.3) is 17.0 Å². The molecule has 4 rings (SSSR count). The Morgan fingerprint density at radius 2 is 2.00 bits per heavy atom. The van der Waals surface area contributed by atoms with Crippen molar-refractivity contribution < 1.29 is 13.9 Å². The number of furan rings is 1. The van der Waals surface area contributed by atoms with E-state index in [1.807, 2.05) is 35.2 Å². The number of fused-ring (bicyclic) bond motifs is 1. The van der Waals surface area contributed by atoms with E-state index in [2.05, 4.69) is 4.90 Å². The summed E-state index contributed by atoms with van der Waals surface area (Å²) in [5, 5.41) is 1.05. The Balaban J connectivity index is 1.34. The Morgan fingerprint density at radius 1 is 1.17 bits per heavy atom. The van der Waals surface area contributed by atoms with E-state index in [4.69, 9.17) is 9.15 Å². The lowest BCUT2D eigenvalue weighted by atomic mass is 10.2. The molecule has 0 saturated carbocycles. The van der Waals surface area contributed by atoms with E-state index in [-0.39, 0.29) is 5.91 Å². The van der Waals surface area contributed by atoms with Crippen molar-refractivity contribution in [2.45, 2.75) is 12.5 Å². The average Bonchev–Trinajstić information content (AvgIpc) is 3.29. The van der Waals surface area contributed by atoms with Gasteiger partial charge in [-0.2, -0.15) is 0 Å². The lowest BCUT2D eigenvalue weighted by Gasteiger charge is -2.37. The number of para-hydroxylation sites is 1. The highest BCUT2D eigenvalue weighted by molar-refractivity contribution is 5.92. The van der Waals surface area contributed by atoms with Crippen LogP contribution < -0.4 is 0 Å². The number of benzene rings is 1. The van der Waals surface area contributed by atoms with Gasteiger partial charge in [0.25, 0.3) is 0 Å². The largest absolute Gasteiger partial charge is 0.457 e. The van der Waals surface area contributed by atoms with Gasteiger partial charge >= 0.3 is 0 Å². The van der Waals surface area contributed by atoms with E-state index in [1.54, 1.807) is 12.2 Å². The van der Waals surface area contributed by atoms with Crippen LogP contribution in [-0.4, -0.2) is 61.1 Å². The lowest BCUT2D eigenvalue weighted by Crippen LogP contribution is -2.51. The Labute approximate surface area is 141 Å². The van der Waals surface area contributed by atoms with Gasteiger partial charge in [0.05, 0.1) is 6.61 Å². The topological polar surface area (TPSA) is 45.9 Å². The van der Waals surface area contributed by atoms with Crippen molar-refractivity contribution >= 4 is 23.0 Å². The predicted octanol–water partition coefficient (Wildman–Crippen LogP) is 2.38. The van der Waals surface area contributed by atoms with Crippen molar-refractivity contribution in [1.29, 1.82) is 0 Å². The molecule has 5 nitrogen and oxygen atoms in total. The number of carbonyl (C=O) groups excluding carboxylic acids is 1. The van der Waals surface area contributed by atoms with Crippen LogP contribution in [0, 0.1) is 0 Å². The van der Waals surface area contributed by atoms with Gasteiger partial charge in [-0.3, -0.25) is 9.69 Å². The number of hydrogen-bond donors (Lipinski definition) is 0. The van der Waals surface area contributed by atoms with E-state index in [9.17, 15) is 4.79 Å². The Bertz CT molecular complexity index is 705. The highest BCUT2D eigenvalue weighted by atomic mass is 16.5. The minimum Gasteiger partial charge on any atom is -0.457 e. The molecular weight excluding hydrogens is 304 g/mol. The maximum Gasteiger partial charge on any atom is 0.246 e. The molecule has 2 saturated heterocycles. The van der Waals surface area contributed by atoms with Crippen LogP contribution in [0.4, 0.5) is 0 Å². The number of ether oxygens (including phenoxy) is 1. The van der Waals surface area contributed by atoms with Crippen LogP contribution in [0.2, 0.25) is 0 Å². The fourth-order valence-electron chi connectivity index (χ4n) is 3.46. The molecule has 1 aromatic heterocycles. The van der Waals surface area contributed by atoms with E-state index < -0.39 is 0 Å². The van der Waals surface area contributed by atoms with Gasteiger partial charge in [-0.15, -0.1) is 0 Å². The Hall–Kier alpha value is -2.11. The van der Waals surface area contributed by atoms with Crippen molar-refractivity contribution in [2.75, 3.05) is 39.4 Å².